The molecule has 2 heteroatoms. The van der Waals surface area contributed by atoms with Gasteiger partial charge in [-0.1, -0.05) is 24.3 Å². The third kappa shape index (κ3) is 1.73. The number of hydrogen-bond acceptors (Lipinski definition) is 2. The van der Waals surface area contributed by atoms with E-state index in [1.807, 2.05) is 30.3 Å². The minimum Gasteiger partial charge on any atom is -0.497 e. The molecule has 1 aliphatic rings. The molecule has 0 saturated heterocycles. The van der Waals surface area contributed by atoms with Crippen molar-refractivity contribution in [1.29, 1.82) is 0 Å². The Labute approximate surface area is 77.8 Å². The molecule has 1 heterocycles. The fraction of sp³-hybridized carbons (Fsp3) is 0.273. The molecule has 2 rings (SSSR count). The molecular formula is C11H12O2. The van der Waals surface area contributed by atoms with Crippen LogP contribution in [-0.2, 0) is 4.74 Å². The monoisotopic (exact) mass is 176 g/mol. The summed E-state index contributed by atoms with van der Waals surface area (Å²) in [4.78, 5) is 0. The van der Waals surface area contributed by atoms with Gasteiger partial charge >= 0.3 is 0 Å². The van der Waals surface area contributed by atoms with Gasteiger partial charge in [-0.25, -0.2) is 0 Å². The van der Waals surface area contributed by atoms with Crippen molar-refractivity contribution < 1.29 is 9.47 Å². The lowest BCUT2D eigenvalue weighted by molar-refractivity contribution is 0.129. The van der Waals surface area contributed by atoms with Crippen LogP contribution in [0.25, 0.3) is 0 Å². The first kappa shape index (κ1) is 8.32. The molecule has 0 aromatic heterocycles. The van der Waals surface area contributed by atoms with Gasteiger partial charge in [0.05, 0.1) is 13.7 Å². The summed E-state index contributed by atoms with van der Waals surface area (Å²) in [5, 5.41) is 0. The maximum Gasteiger partial charge on any atom is 0.118 e. The van der Waals surface area contributed by atoms with Crippen LogP contribution in [0.4, 0.5) is 0 Å². The molecule has 0 aliphatic carbocycles. The largest absolute Gasteiger partial charge is 0.497 e. The van der Waals surface area contributed by atoms with Crippen molar-refractivity contribution in [3.05, 3.63) is 42.0 Å². The van der Waals surface area contributed by atoms with E-state index in [9.17, 15) is 0 Å². The molecular weight excluding hydrogens is 164 g/mol. The zero-order valence-electron chi connectivity index (χ0n) is 7.57. The van der Waals surface area contributed by atoms with Crippen molar-refractivity contribution in [2.75, 3.05) is 13.7 Å². The van der Waals surface area contributed by atoms with Crippen molar-refractivity contribution in [3.63, 3.8) is 0 Å². The second-order valence-electron chi connectivity index (χ2n) is 2.96. The standard InChI is InChI=1S/C11H12O2/c1-12-10-6-4-9(5-7-10)11-3-2-8-13-11/h2-7,11H,8H2,1H3/t11-/m1/s1. The van der Waals surface area contributed by atoms with E-state index in [0.29, 0.717) is 0 Å². The highest BCUT2D eigenvalue weighted by atomic mass is 16.5. The van der Waals surface area contributed by atoms with Gasteiger partial charge < -0.3 is 9.47 Å². The van der Waals surface area contributed by atoms with Crippen molar-refractivity contribution in [2.45, 2.75) is 6.10 Å². The van der Waals surface area contributed by atoms with Gasteiger partial charge in [-0.05, 0) is 17.7 Å². The molecule has 0 amide bonds. The van der Waals surface area contributed by atoms with E-state index in [2.05, 4.69) is 6.08 Å². The van der Waals surface area contributed by atoms with E-state index >= 15 is 0 Å². The number of benzene rings is 1. The van der Waals surface area contributed by atoms with Gasteiger partial charge in [0.1, 0.15) is 11.9 Å². The molecule has 68 valence electrons. The zero-order chi connectivity index (χ0) is 9.10. The summed E-state index contributed by atoms with van der Waals surface area (Å²) in [5.41, 5.74) is 1.18. The van der Waals surface area contributed by atoms with Gasteiger partial charge in [0.25, 0.3) is 0 Å². The first-order valence-electron chi connectivity index (χ1n) is 4.32. The van der Waals surface area contributed by atoms with Gasteiger partial charge in [0.15, 0.2) is 0 Å². The fourth-order valence-electron chi connectivity index (χ4n) is 1.39. The van der Waals surface area contributed by atoms with Crippen molar-refractivity contribution in [1.82, 2.24) is 0 Å². The summed E-state index contributed by atoms with van der Waals surface area (Å²) in [6, 6.07) is 7.95. The van der Waals surface area contributed by atoms with E-state index in [-0.39, 0.29) is 6.10 Å². The molecule has 0 N–H and O–H groups in total. The van der Waals surface area contributed by atoms with Crippen LogP contribution in [0.15, 0.2) is 36.4 Å². The molecule has 0 radical (unpaired) electrons. The highest BCUT2D eigenvalue weighted by Gasteiger charge is 2.11. The van der Waals surface area contributed by atoms with Crippen LogP contribution in [0.5, 0.6) is 5.75 Å². The van der Waals surface area contributed by atoms with Gasteiger partial charge in [0, 0.05) is 0 Å². The third-order valence-corrected chi connectivity index (χ3v) is 2.13. The molecule has 13 heavy (non-hydrogen) atoms. The van der Waals surface area contributed by atoms with Gasteiger partial charge in [-0.2, -0.15) is 0 Å². The average Bonchev–Trinajstić information content (AvgIpc) is 2.71. The predicted octanol–water partition coefficient (Wildman–Crippen LogP) is 2.32. The quantitative estimate of drug-likeness (QED) is 0.644. The van der Waals surface area contributed by atoms with E-state index in [0.717, 1.165) is 12.4 Å². The Balaban J connectivity index is 2.17. The van der Waals surface area contributed by atoms with Crippen LogP contribution in [-0.4, -0.2) is 13.7 Å². The summed E-state index contributed by atoms with van der Waals surface area (Å²) < 4.78 is 10.5. The SMILES string of the molecule is COc1ccc([C@H]2C=CCO2)cc1. The Kier molecular flexibility index (Phi) is 2.32. The van der Waals surface area contributed by atoms with Crippen LogP contribution >= 0.6 is 0 Å². The topological polar surface area (TPSA) is 18.5 Å². The number of ether oxygens (including phenoxy) is 2. The average molecular weight is 176 g/mol. The van der Waals surface area contributed by atoms with Gasteiger partial charge in [0.2, 0.25) is 0 Å². The Morgan fingerprint density at radius 2 is 2.08 bits per heavy atom. The fourth-order valence-corrected chi connectivity index (χ4v) is 1.39. The Morgan fingerprint density at radius 3 is 2.62 bits per heavy atom. The smallest absolute Gasteiger partial charge is 0.118 e. The number of hydrogen-bond donors (Lipinski definition) is 0. The molecule has 0 saturated carbocycles. The summed E-state index contributed by atoms with van der Waals surface area (Å²) in [7, 11) is 1.67. The predicted molar refractivity (Wildman–Crippen MR) is 50.8 cm³/mol. The second-order valence-corrected chi connectivity index (χ2v) is 2.96. The molecule has 2 nitrogen and oxygen atoms in total. The highest BCUT2D eigenvalue weighted by Crippen LogP contribution is 2.24. The lowest BCUT2D eigenvalue weighted by Crippen LogP contribution is -1.95. The lowest BCUT2D eigenvalue weighted by atomic mass is 10.1. The van der Waals surface area contributed by atoms with Crippen molar-refractivity contribution in [2.24, 2.45) is 0 Å². The number of rotatable bonds is 2. The molecule has 1 aromatic rings. The van der Waals surface area contributed by atoms with Crippen LogP contribution in [0.3, 0.4) is 0 Å². The Morgan fingerprint density at radius 1 is 1.31 bits per heavy atom. The highest BCUT2D eigenvalue weighted by molar-refractivity contribution is 5.30. The molecule has 0 bridgehead atoms. The van der Waals surface area contributed by atoms with Crippen LogP contribution in [0, 0.1) is 0 Å². The van der Waals surface area contributed by atoms with Gasteiger partial charge in [-0.15, -0.1) is 0 Å². The minimum absolute atomic E-state index is 0.130. The van der Waals surface area contributed by atoms with E-state index in [1.165, 1.54) is 5.56 Å². The summed E-state index contributed by atoms with van der Waals surface area (Å²) in [6.45, 7) is 0.719. The molecule has 0 unspecified atom stereocenters. The first-order chi connectivity index (χ1) is 6.40. The number of methoxy groups -OCH3 is 1. The van der Waals surface area contributed by atoms with Crippen molar-refractivity contribution >= 4 is 0 Å². The normalized spacial score (nSPS) is 20.5. The Bertz CT molecular complexity index is 300. The first-order valence-corrected chi connectivity index (χ1v) is 4.32. The zero-order valence-corrected chi connectivity index (χ0v) is 7.57. The molecule has 0 fully saturated rings. The summed E-state index contributed by atoms with van der Waals surface area (Å²) in [6.07, 6.45) is 4.24. The molecule has 0 spiro atoms. The lowest BCUT2D eigenvalue weighted by Gasteiger charge is -2.08. The van der Waals surface area contributed by atoms with Crippen molar-refractivity contribution in [3.8, 4) is 5.75 Å². The maximum atomic E-state index is 5.46. The van der Waals surface area contributed by atoms with Crippen LogP contribution in [0.2, 0.25) is 0 Å². The van der Waals surface area contributed by atoms with Crippen LogP contribution in [0.1, 0.15) is 11.7 Å². The third-order valence-electron chi connectivity index (χ3n) is 2.13. The van der Waals surface area contributed by atoms with E-state index in [4.69, 9.17) is 9.47 Å². The minimum atomic E-state index is 0.130. The van der Waals surface area contributed by atoms with Gasteiger partial charge in [-0.3, -0.25) is 0 Å². The molecule has 1 aromatic carbocycles. The second kappa shape index (κ2) is 3.62. The maximum absolute atomic E-state index is 5.46. The molecule has 1 aliphatic heterocycles. The Hall–Kier alpha value is -1.28. The van der Waals surface area contributed by atoms with E-state index in [1.54, 1.807) is 7.11 Å². The summed E-state index contributed by atoms with van der Waals surface area (Å²) >= 11 is 0. The molecule has 1 atom stereocenters. The van der Waals surface area contributed by atoms with E-state index < -0.39 is 0 Å². The van der Waals surface area contributed by atoms with Crippen LogP contribution < -0.4 is 4.74 Å². The summed E-state index contributed by atoms with van der Waals surface area (Å²) in [5.74, 6) is 0.880.